The van der Waals surface area contributed by atoms with Crippen LogP contribution in [0, 0.1) is 0 Å². The molecule has 3 aromatic rings. The fourth-order valence-electron chi connectivity index (χ4n) is 3.47. The van der Waals surface area contributed by atoms with Crippen LogP contribution in [0.25, 0.3) is 11.3 Å². The van der Waals surface area contributed by atoms with Crippen LogP contribution in [0.3, 0.4) is 0 Å². The van der Waals surface area contributed by atoms with Crippen molar-refractivity contribution in [3.8, 4) is 11.3 Å². The van der Waals surface area contributed by atoms with Gasteiger partial charge in [0.25, 0.3) is 5.56 Å². The molecular formula is C22H22ClN3O. The number of aromatic nitrogens is 2. The Morgan fingerprint density at radius 3 is 2.26 bits per heavy atom. The quantitative estimate of drug-likeness (QED) is 0.664. The summed E-state index contributed by atoms with van der Waals surface area (Å²) in [5.74, 6) is 0. The van der Waals surface area contributed by atoms with Crippen molar-refractivity contribution < 1.29 is 0 Å². The summed E-state index contributed by atoms with van der Waals surface area (Å²) in [5, 5.41) is 5.24. The molecule has 4 nitrogen and oxygen atoms in total. The van der Waals surface area contributed by atoms with E-state index in [0.29, 0.717) is 11.6 Å². The standard InChI is InChI=1S/C22H22ClN3O/c23-19-8-4-17(5-9-19)16-26-22(27)13-12-21(24-26)18-6-10-20(11-7-18)25-14-2-1-3-15-25/h4-13H,1-3,14-16H2. The molecule has 138 valence electrons. The molecule has 0 spiro atoms. The van der Waals surface area contributed by atoms with Crippen LogP contribution in [0.4, 0.5) is 5.69 Å². The van der Waals surface area contributed by atoms with Gasteiger partial charge in [-0.25, -0.2) is 4.68 Å². The second-order valence-corrected chi connectivity index (χ2v) is 7.37. The van der Waals surface area contributed by atoms with Gasteiger partial charge in [-0.15, -0.1) is 0 Å². The van der Waals surface area contributed by atoms with Crippen molar-refractivity contribution in [1.82, 2.24) is 9.78 Å². The first-order valence-electron chi connectivity index (χ1n) is 9.37. The molecule has 0 N–H and O–H groups in total. The highest BCUT2D eigenvalue weighted by molar-refractivity contribution is 6.30. The summed E-state index contributed by atoms with van der Waals surface area (Å²) in [6.07, 6.45) is 3.85. The highest BCUT2D eigenvalue weighted by Gasteiger charge is 2.11. The predicted octanol–water partition coefficient (Wildman–Crippen LogP) is 4.60. The van der Waals surface area contributed by atoms with E-state index in [1.54, 1.807) is 12.1 Å². The molecule has 4 rings (SSSR count). The topological polar surface area (TPSA) is 38.1 Å². The van der Waals surface area contributed by atoms with E-state index >= 15 is 0 Å². The Morgan fingerprint density at radius 1 is 0.852 bits per heavy atom. The van der Waals surface area contributed by atoms with Crippen LogP contribution >= 0.6 is 11.6 Å². The highest BCUT2D eigenvalue weighted by Crippen LogP contribution is 2.23. The third-order valence-electron chi connectivity index (χ3n) is 5.00. The Labute approximate surface area is 164 Å². The number of hydrogen-bond acceptors (Lipinski definition) is 3. The van der Waals surface area contributed by atoms with E-state index in [9.17, 15) is 4.79 Å². The summed E-state index contributed by atoms with van der Waals surface area (Å²) in [6.45, 7) is 2.68. The maximum absolute atomic E-state index is 12.2. The van der Waals surface area contributed by atoms with Crippen LogP contribution in [-0.4, -0.2) is 22.9 Å². The van der Waals surface area contributed by atoms with Crippen molar-refractivity contribution in [1.29, 1.82) is 0 Å². The molecule has 0 atom stereocenters. The van der Waals surface area contributed by atoms with Gasteiger partial charge in [-0.2, -0.15) is 5.10 Å². The molecule has 0 amide bonds. The average molecular weight is 380 g/mol. The Bertz CT molecular complexity index is 958. The minimum atomic E-state index is -0.112. The SMILES string of the molecule is O=c1ccc(-c2ccc(N3CCCCC3)cc2)nn1Cc1ccc(Cl)cc1. The van der Waals surface area contributed by atoms with Crippen molar-refractivity contribution in [2.75, 3.05) is 18.0 Å². The number of halogens is 1. The lowest BCUT2D eigenvalue weighted by Crippen LogP contribution is -2.29. The fraction of sp³-hybridized carbons (Fsp3) is 0.273. The largest absolute Gasteiger partial charge is 0.372 e. The molecule has 1 aliphatic rings. The van der Waals surface area contributed by atoms with Crippen LogP contribution in [-0.2, 0) is 6.54 Å². The second-order valence-electron chi connectivity index (χ2n) is 6.94. The lowest BCUT2D eigenvalue weighted by Gasteiger charge is -2.28. The molecule has 0 radical (unpaired) electrons. The molecule has 1 aromatic heterocycles. The van der Waals surface area contributed by atoms with Gasteiger partial charge in [-0.05, 0) is 55.2 Å². The zero-order chi connectivity index (χ0) is 18.6. The number of rotatable bonds is 4. The lowest BCUT2D eigenvalue weighted by atomic mass is 10.1. The molecule has 0 unspecified atom stereocenters. The lowest BCUT2D eigenvalue weighted by molar-refractivity contribution is 0.578. The van der Waals surface area contributed by atoms with Crippen LogP contribution in [0.2, 0.25) is 5.02 Å². The van der Waals surface area contributed by atoms with Gasteiger partial charge in [0.1, 0.15) is 0 Å². The van der Waals surface area contributed by atoms with Crippen molar-refractivity contribution in [2.45, 2.75) is 25.8 Å². The monoisotopic (exact) mass is 379 g/mol. The van der Waals surface area contributed by atoms with Gasteiger partial charge in [0.2, 0.25) is 0 Å². The highest BCUT2D eigenvalue weighted by atomic mass is 35.5. The number of hydrogen-bond donors (Lipinski definition) is 0. The molecule has 2 aromatic carbocycles. The summed E-state index contributed by atoms with van der Waals surface area (Å²) in [4.78, 5) is 14.6. The van der Waals surface area contributed by atoms with Gasteiger partial charge >= 0.3 is 0 Å². The Kier molecular flexibility index (Phi) is 5.26. The van der Waals surface area contributed by atoms with E-state index in [2.05, 4.69) is 34.3 Å². The molecule has 2 heterocycles. The summed E-state index contributed by atoms with van der Waals surface area (Å²) >= 11 is 5.93. The Morgan fingerprint density at radius 2 is 1.56 bits per heavy atom. The van der Waals surface area contributed by atoms with Crippen molar-refractivity contribution in [2.24, 2.45) is 0 Å². The Hall–Kier alpha value is -2.59. The molecule has 0 bridgehead atoms. The third kappa shape index (κ3) is 4.22. The summed E-state index contributed by atoms with van der Waals surface area (Å²) in [7, 11) is 0. The van der Waals surface area contributed by atoms with E-state index in [0.717, 1.165) is 29.9 Å². The maximum Gasteiger partial charge on any atom is 0.267 e. The smallest absolute Gasteiger partial charge is 0.267 e. The number of piperidine rings is 1. The minimum absolute atomic E-state index is 0.112. The van der Waals surface area contributed by atoms with E-state index in [-0.39, 0.29) is 5.56 Å². The molecule has 5 heteroatoms. The average Bonchev–Trinajstić information content (AvgIpc) is 2.72. The molecule has 27 heavy (non-hydrogen) atoms. The number of anilines is 1. The molecule has 1 fully saturated rings. The van der Waals surface area contributed by atoms with E-state index < -0.39 is 0 Å². The van der Waals surface area contributed by atoms with E-state index in [1.165, 1.54) is 29.6 Å². The number of nitrogens with zero attached hydrogens (tertiary/aromatic N) is 3. The fourth-order valence-corrected chi connectivity index (χ4v) is 3.60. The number of benzene rings is 2. The van der Waals surface area contributed by atoms with Gasteiger partial charge in [-0.3, -0.25) is 4.79 Å². The zero-order valence-electron chi connectivity index (χ0n) is 15.1. The minimum Gasteiger partial charge on any atom is -0.372 e. The van der Waals surface area contributed by atoms with Gasteiger partial charge < -0.3 is 4.90 Å². The van der Waals surface area contributed by atoms with Crippen molar-refractivity contribution in [3.05, 3.63) is 81.6 Å². The van der Waals surface area contributed by atoms with Crippen LogP contribution in [0.1, 0.15) is 24.8 Å². The van der Waals surface area contributed by atoms with Crippen LogP contribution < -0.4 is 10.5 Å². The van der Waals surface area contributed by atoms with Gasteiger partial charge in [0.15, 0.2) is 0 Å². The molecule has 0 aliphatic carbocycles. The van der Waals surface area contributed by atoms with Gasteiger partial charge in [0.05, 0.1) is 12.2 Å². The predicted molar refractivity (Wildman–Crippen MR) is 111 cm³/mol. The van der Waals surface area contributed by atoms with Gasteiger partial charge in [0, 0.05) is 35.4 Å². The first-order valence-corrected chi connectivity index (χ1v) is 9.75. The molecular weight excluding hydrogens is 358 g/mol. The molecule has 1 saturated heterocycles. The third-order valence-corrected chi connectivity index (χ3v) is 5.25. The zero-order valence-corrected chi connectivity index (χ0v) is 15.9. The summed E-state index contributed by atoms with van der Waals surface area (Å²) < 4.78 is 1.50. The maximum atomic E-state index is 12.2. The van der Waals surface area contributed by atoms with E-state index in [4.69, 9.17) is 11.6 Å². The van der Waals surface area contributed by atoms with E-state index in [1.807, 2.05) is 24.3 Å². The summed E-state index contributed by atoms with van der Waals surface area (Å²) in [6, 6.07) is 19.3. The first kappa shape index (κ1) is 17.8. The van der Waals surface area contributed by atoms with Gasteiger partial charge in [-0.1, -0.05) is 35.9 Å². The van der Waals surface area contributed by atoms with Crippen molar-refractivity contribution in [3.63, 3.8) is 0 Å². The summed E-state index contributed by atoms with van der Waals surface area (Å²) in [5.41, 5.74) is 3.95. The molecule has 0 saturated carbocycles. The second kappa shape index (κ2) is 7.97. The normalized spacial score (nSPS) is 14.3. The molecule has 1 aliphatic heterocycles. The van der Waals surface area contributed by atoms with Crippen LogP contribution in [0.5, 0.6) is 0 Å². The van der Waals surface area contributed by atoms with Crippen molar-refractivity contribution >= 4 is 17.3 Å². The Balaban J connectivity index is 1.56. The first-order chi connectivity index (χ1) is 13.2. The van der Waals surface area contributed by atoms with Crippen LogP contribution in [0.15, 0.2) is 65.5 Å².